The minimum absolute atomic E-state index is 0.0340. The number of carbonyl (C=O) groups is 1. The zero-order valence-electron chi connectivity index (χ0n) is 11.1. The highest BCUT2D eigenvalue weighted by Crippen LogP contribution is 2.20. The molecule has 2 heterocycles. The number of nitrogens with one attached hydrogen (secondary N) is 1. The number of methoxy groups -OCH3 is 2. The van der Waals surface area contributed by atoms with Gasteiger partial charge in [0, 0.05) is 27.3 Å². The van der Waals surface area contributed by atoms with Gasteiger partial charge in [-0.05, 0) is 6.07 Å². The molecule has 0 bridgehead atoms. The second-order valence-corrected chi connectivity index (χ2v) is 4.47. The van der Waals surface area contributed by atoms with E-state index >= 15 is 0 Å². The third kappa shape index (κ3) is 2.95. The van der Waals surface area contributed by atoms with Gasteiger partial charge in [-0.3, -0.25) is 15.1 Å². The molecule has 2 unspecified atom stereocenters. The summed E-state index contributed by atoms with van der Waals surface area (Å²) in [6.45, 7) is 1.99. The molecule has 3 N–H and O–H groups in total. The van der Waals surface area contributed by atoms with Crippen molar-refractivity contribution in [3.8, 4) is 0 Å². The Morgan fingerprint density at radius 1 is 1.47 bits per heavy atom. The molecule has 1 aromatic rings. The molecule has 2 atom stereocenters. The van der Waals surface area contributed by atoms with Crippen molar-refractivity contribution >= 4 is 5.91 Å². The lowest BCUT2D eigenvalue weighted by Gasteiger charge is -2.14. The van der Waals surface area contributed by atoms with Crippen LogP contribution in [0.15, 0.2) is 16.7 Å². The predicted octanol–water partition coefficient (Wildman–Crippen LogP) is -0.271. The highest BCUT2D eigenvalue weighted by Gasteiger charge is 2.33. The van der Waals surface area contributed by atoms with Crippen molar-refractivity contribution in [3.63, 3.8) is 0 Å². The van der Waals surface area contributed by atoms with E-state index in [1.54, 1.807) is 20.3 Å². The van der Waals surface area contributed by atoms with Crippen molar-refractivity contribution in [2.45, 2.75) is 18.8 Å². The molecular weight excluding hydrogens is 250 g/mol. The minimum atomic E-state index is -0.352. The van der Waals surface area contributed by atoms with Gasteiger partial charge in [0.25, 0.3) is 5.91 Å². The van der Waals surface area contributed by atoms with Crippen molar-refractivity contribution in [1.82, 2.24) is 10.3 Å². The van der Waals surface area contributed by atoms with Crippen LogP contribution in [0.25, 0.3) is 0 Å². The fraction of sp³-hybridized carbons (Fsp3) is 0.583. The van der Waals surface area contributed by atoms with E-state index in [2.05, 4.69) is 10.3 Å². The van der Waals surface area contributed by atoms with Crippen LogP contribution < -0.4 is 11.3 Å². The van der Waals surface area contributed by atoms with Crippen LogP contribution in [0.3, 0.4) is 0 Å². The average molecular weight is 269 g/mol. The number of ether oxygens (including phenoxy) is 2. The van der Waals surface area contributed by atoms with E-state index in [9.17, 15) is 4.79 Å². The first-order chi connectivity index (χ1) is 9.19. The van der Waals surface area contributed by atoms with Crippen molar-refractivity contribution in [1.29, 1.82) is 0 Å². The molecule has 19 heavy (non-hydrogen) atoms. The van der Waals surface area contributed by atoms with Gasteiger partial charge in [-0.25, -0.2) is 5.84 Å². The van der Waals surface area contributed by atoms with Crippen LogP contribution in [0, 0.1) is 0 Å². The summed E-state index contributed by atoms with van der Waals surface area (Å²) in [7, 11) is 3.33. The average Bonchev–Trinajstić information content (AvgIpc) is 3.04. The molecule has 0 spiro atoms. The van der Waals surface area contributed by atoms with E-state index in [-0.39, 0.29) is 18.1 Å². The molecule has 1 aliphatic rings. The molecule has 0 saturated carbocycles. The number of carbonyl (C=O) groups excluding carboxylic acids is 1. The number of hydrazine groups is 1. The van der Waals surface area contributed by atoms with Gasteiger partial charge in [-0.1, -0.05) is 0 Å². The summed E-state index contributed by atoms with van der Waals surface area (Å²) in [6, 6.07) is 1.61. The van der Waals surface area contributed by atoms with Gasteiger partial charge in [0.05, 0.1) is 30.6 Å². The van der Waals surface area contributed by atoms with E-state index in [1.165, 1.54) is 6.26 Å². The Labute approximate surface area is 111 Å². The van der Waals surface area contributed by atoms with Gasteiger partial charge in [-0.15, -0.1) is 0 Å². The van der Waals surface area contributed by atoms with E-state index in [1.807, 2.05) is 0 Å². The summed E-state index contributed by atoms with van der Waals surface area (Å²) in [5.41, 5.74) is 2.56. The number of furan rings is 1. The highest BCUT2D eigenvalue weighted by molar-refractivity contribution is 5.94. The first-order valence-electron chi connectivity index (χ1n) is 6.04. The van der Waals surface area contributed by atoms with Gasteiger partial charge in [0.15, 0.2) is 0 Å². The standard InChI is InChI=1S/C12H19N3O4/c1-17-10-6-15(7-11(10)18-2)5-9-8(3-4-19-9)12(16)14-13/h3-4,10-11H,5-7,13H2,1-2H3,(H,14,16). The van der Waals surface area contributed by atoms with Gasteiger partial charge in [0.1, 0.15) is 5.76 Å². The summed E-state index contributed by atoms with van der Waals surface area (Å²) in [4.78, 5) is 13.7. The molecule has 0 aliphatic carbocycles. The van der Waals surface area contributed by atoms with Crippen molar-refractivity contribution < 1.29 is 18.7 Å². The molecule has 1 aliphatic heterocycles. The van der Waals surface area contributed by atoms with Gasteiger partial charge >= 0.3 is 0 Å². The van der Waals surface area contributed by atoms with Crippen LogP contribution >= 0.6 is 0 Å². The smallest absolute Gasteiger partial charge is 0.268 e. The molecule has 1 fully saturated rings. The number of hydrogen-bond acceptors (Lipinski definition) is 6. The number of hydrogen-bond donors (Lipinski definition) is 2. The number of rotatable bonds is 5. The van der Waals surface area contributed by atoms with Crippen molar-refractivity contribution in [2.75, 3.05) is 27.3 Å². The molecule has 106 valence electrons. The largest absolute Gasteiger partial charge is 0.467 e. The zero-order chi connectivity index (χ0) is 13.8. The maximum Gasteiger partial charge on any atom is 0.268 e. The number of likely N-dealkylation sites (tertiary alicyclic amines) is 1. The van der Waals surface area contributed by atoms with Crippen LogP contribution in [-0.4, -0.2) is 50.3 Å². The molecule has 1 amide bonds. The number of amides is 1. The van der Waals surface area contributed by atoms with E-state index in [0.29, 0.717) is 17.9 Å². The quantitative estimate of drug-likeness (QED) is 0.434. The lowest BCUT2D eigenvalue weighted by molar-refractivity contribution is -0.00461. The Kier molecular flexibility index (Phi) is 4.54. The van der Waals surface area contributed by atoms with Crippen LogP contribution in [0.2, 0.25) is 0 Å². The molecule has 0 aromatic carbocycles. The second-order valence-electron chi connectivity index (χ2n) is 4.47. The molecule has 7 nitrogen and oxygen atoms in total. The maximum absolute atomic E-state index is 11.5. The van der Waals surface area contributed by atoms with Crippen molar-refractivity contribution in [2.24, 2.45) is 5.84 Å². The topological polar surface area (TPSA) is 90.0 Å². The van der Waals surface area contributed by atoms with Crippen molar-refractivity contribution in [3.05, 3.63) is 23.7 Å². The molecule has 1 aromatic heterocycles. The van der Waals surface area contributed by atoms with E-state index < -0.39 is 0 Å². The molecule has 2 rings (SSSR count). The molecule has 0 radical (unpaired) electrons. The number of nitrogens with zero attached hydrogens (tertiary/aromatic N) is 1. The van der Waals surface area contributed by atoms with Crippen LogP contribution in [-0.2, 0) is 16.0 Å². The normalized spacial score (nSPS) is 23.7. The van der Waals surface area contributed by atoms with Gasteiger partial charge < -0.3 is 13.9 Å². The summed E-state index contributed by atoms with van der Waals surface area (Å²) < 4.78 is 16.1. The maximum atomic E-state index is 11.5. The molecular formula is C12H19N3O4. The predicted molar refractivity (Wildman–Crippen MR) is 67.2 cm³/mol. The Hall–Kier alpha value is -1.41. The first kappa shape index (κ1) is 14.0. The fourth-order valence-corrected chi connectivity index (χ4v) is 2.35. The highest BCUT2D eigenvalue weighted by atomic mass is 16.5. The Morgan fingerprint density at radius 3 is 2.63 bits per heavy atom. The monoisotopic (exact) mass is 269 g/mol. The van der Waals surface area contributed by atoms with E-state index in [0.717, 1.165) is 13.1 Å². The lowest BCUT2D eigenvalue weighted by atomic mass is 10.2. The van der Waals surface area contributed by atoms with Crippen LogP contribution in [0.1, 0.15) is 16.1 Å². The molecule has 7 heteroatoms. The summed E-state index contributed by atoms with van der Waals surface area (Å²) >= 11 is 0. The fourth-order valence-electron chi connectivity index (χ4n) is 2.35. The third-order valence-electron chi connectivity index (χ3n) is 3.38. The van der Waals surface area contributed by atoms with Crippen LogP contribution in [0.4, 0.5) is 0 Å². The Bertz CT molecular complexity index is 422. The minimum Gasteiger partial charge on any atom is -0.467 e. The first-order valence-corrected chi connectivity index (χ1v) is 6.04. The summed E-state index contributed by atoms with van der Waals surface area (Å²) in [5.74, 6) is 5.37. The second kappa shape index (κ2) is 6.16. The SMILES string of the molecule is COC1CN(Cc2occc2C(=O)NN)CC1OC. The van der Waals surface area contributed by atoms with Gasteiger partial charge in [-0.2, -0.15) is 0 Å². The molecule has 1 saturated heterocycles. The Balaban J connectivity index is 2.03. The van der Waals surface area contributed by atoms with Gasteiger partial charge in [0.2, 0.25) is 0 Å². The zero-order valence-corrected chi connectivity index (χ0v) is 11.1. The van der Waals surface area contributed by atoms with E-state index in [4.69, 9.17) is 19.7 Å². The Morgan fingerprint density at radius 2 is 2.11 bits per heavy atom. The number of nitrogen functional groups attached to an aromatic ring is 1. The summed E-state index contributed by atoms with van der Waals surface area (Å²) in [6.07, 6.45) is 1.55. The lowest BCUT2D eigenvalue weighted by Crippen LogP contribution is -2.31. The summed E-state index contributed by atoms with van der Waals surface area (Å²) in [5, 5.41) is 0. The third-order valence-corrected chi connectivity index (χ3v) is 3.38. The van der Waals surface area contributed by atoms with Crippen LogP contribution in [0.5, 0.6) is 0 Å². The number of nitrogens with two attached hydrogens (primary N) is 1.